The first-order chi connectivity index (χ1) is 6.69. The van der Waals surface area contributed by atoms with Gasteiger partial charge in [-0.15, -0.1) is 0 Å². The number of hydrogen-bond acceptors (Lipinski definition) is 1. The van der Waals surface area contributed by atoms with Gasteiger partial charge in [0.15, 0.2) is 0 Å². The van der Waals surface area contributed by atoms with Crippen molar-refractivity contribution in [2.45, 2.75) is 39.7 Å². The molecule has 0 spiro atoms. The normalized spacial score (nSPS) is 10.6. The maximum absolute atomic E-state index is 6.04. The summed E-state index contributed by atoms with van der Waals surface area (Å²) in [6.07, 6.45) is 2.28. The molecule has 78 valence electrons. The molecule has 0 aliphatic carbocycles. The second kappa shape index (κ2) is 5.26. The SMILES string of the molecule is CCC(CC)Nc1cccc(Cl)c1C. The van der Waals surface area contributed by atoms with Gasteiger partial charge >= 0.3 is 0 Å². The van der Waals surface area contributed by atoms with Gasteiger partial charge in [0.05, 0.1) is 0 Å². The van der Waals surface area contributed by atoms with Crippen molar-refractivity contribution in [2.75, 3.05) is 5.32 Å². The third kappa shape index (κ3) is 2.65. The molecular weight excluding hydrogens is 194 g/mol. The van der Waals surface area contributed by atoms with E-state index in [2.05, 4.69) is 25.2 Å². The van der Waals surface area contributed by atoms with E-state index in [0.29, 0.717) is 6.04 Å². The average Bonchev–Trinajstić information content (AvgIpc) is 2.20. The van der Waals surface area contributed by atoms with E-state index < -0.39 is 0 Å². The molecule has 0 saturated carbocycles. The predicted molar refractivity (Wildman–Crippen MR) is 64.2 cm³/mol. The summed E-state index contributed by atoms with van der Waals surface area (Å²) in [6.45, 7) is 6.44. The molecule has 14 heavy (non-hydrogen) atoms. The molecule has 0 unspecified atom stereocenters. The van der Waals surface area contributed by atoms with Gasteiger partial charge in [-0.05, 0) is 37.5 Å². The van der Waals surface area contributed by atoms with Gasteiger partial charge in [-0.3, -0.25) is 0 Å². The molecule has 0 bridgehead atoms. The highest BCUT2D eigenvalue weighted by Crippen LogP contribution is 2.24. The van der Waals surface area contributed by atoms with Crippen molar-refractivity contribution in [3.05, 3.63) is 28.8 Å². The Labute approximate surface area is 91.5 Å². The minimum absolute atomic E-state index is 0.548. The smallest absolute Gasteiger partial charge is 0.0455 e. The largest absolute Gasteiger partial charge is 0.382 e. The molecule has 0 atom stereocenters. The van der Waals surface area contributed by atoms with Crippen LogP contribution in [0.15, 0.2) is 18.2 Å². The Morgan fingerprint density at radius 1 is 1.29 bits per heavy atom. The lowest BCUT2D eigenvalue weighted by Gasteiger charge is -2.18. The molecule has 1 nitrogen and oxygen atoms in total. The van der Waals surface area contributed by atoms with Gasteiger partial charge in [-0.2, -0.15) is 0 Å². The van der Waals surface area contributed by atoms with Crippen molar-refractivity contribution < 1.29 is 0 Å². The van der Waals surface area contributed by atoms with Crippen molar-refractivity contribution in [2.24, 2.45) is 0 Å². The number of rotatable bonds is 4. The molecule has 0 aliphatic rings. The summed E-state index contributed by atoms with van der Waals surface area (Å²) in [5, 5.41) is 4.34. The molecule has 0 aliphatic heterocycles. The highest BCUT2D eigenvalue weighted by atomic mass is 35.5. The Morgan fingerprint density at radius 3 is 2.50 bits per heavy atom. The highest BCUT2D eigenvalue weighted by Gasteiger charge is 2.06. The third-order valence-electron chi connectivity index (χ3n) is 2.61. The monoisotopic (exact) mass is 211 g/mol. The fraction of sp³-hybridized carbons (Fsp3) is 0.500. The second-order valence-electron chi connectivity index (χ2n) is 3.57. The van der Waals surface area contributed by atoms with Gasteiger partial charge in [0.25, 0.3) is 0 Å². The minimum Gasteiger partial charge on any atom is -0.382 e. The molecule has 0 radical (unpaired) electrons. The standard InChI is InChI=1S/C12H18ClN/c1-4-10(5-2)14-12-8-6-7-11(13)9(12)3/h6-8,10,14H,4-5H2,1-3H3. The van der Waals surface area contributed by atoms with Crippen LogP contribution in [0.2, 0.25) is 5.02 Å². The predicted octanol–water partition coefficient (Wildman–Crippen LogP) is 4.25. The van der Waals surface area contributed by atoms with Crippen LogP contribution >= 0.6 is 11.6 Å². The number of halogens is 1. The zero-order valence-corrected chi connectivity index (χ0v) is 9.86. The number of anilines is 1. The molecule has 2 heteroatoms. The zero-order valence-electron chi connectivity index (χ0n) is 9.10. The van der Waals surface area contributed by atoms with Gasteiger partial charge in [-0.25, -0.2) is 0 Å². The molecular formula is C12H18ClN. The maximum Gasteiger partial charge on any atom is 0.0455 e. The molecule has 0 saturated heterocycles. The maximum atomic E-state index is 6.04. The van der Waals surface area contributed by atoms with Crippen LogP contribution < -0.4 is 5.32 Å². The summed E-state index contributed by atoms with van der Waals surface area (Å²) in [4.78, 5) is 0. The Morgan fingerprint density at radius 2 is 1.93 bits per heavy atom. The lowest BCUT2D eigenvalue weighted by Crippen LogP contribution is -2.17. The molecule has 0 fully saturated rings. The van der Waals surface area contributed by atoms with Gasteiger partial charge in [0.2, 0.25) is 0 Å². The summed E-state index contributed by atoms with van der Waals surface area (Å²) in [5.74, 6) is 0. The summed E-state index contributed by atoms with van der Waals surface area (Å²) < 4.78 is 0. The first-order valence-corrected chi connectivity index (χ1v) is 5.58. The van der Waals surface area contributed by atoms with Crippen molar-refractivity contribution in [3.8, 4) is 0 Å². The number of hydrogen-bond donors (Lipinski definition) is 1. The minimum atomic E-state index is 0.548. The van der Waals surface area contributed by atoms with E-state index in [0.717, 1.165) is 29.1 Å². The molecule has 0 heterocycles. The number of nitrogens with one attached hydrogen (secondary N) is 1. The van der Waals surface area contributed by atoms with Crippen molar-refractivity contribution >= 4 is 17.3 Å². The van der Waals surface area contributed by atoms with Crippen LogP contribution in [0.5, 0.6) is 0 Å². The fourth-order valence-electron chi connectivity index (χ4n) is 1.48. The molecule has 0 aromatic heterocycles. The topological polar surface area (TPSA) is 12.0 Å². The van der Waals surface area contributed by atoms with Crippen LogP contribution in [0.25, 0.3) is 0 Å². The van der Waals surface area contributed by atoms with E-state index in [1.165, 1.54) is 0 Å². The molecule has 1 aromatic rings. The summed E-state index contributed by atoms with van der Waals surface area (Å²) in [7, 11) is 0. The van der Waals surface area contributed by atoms with Crippen LogP contribution in [-0.4, -0.2) is 6.04 Å². The van der Waals surface area contributed by atoms with Crippen molar-refractivity contribution in [1.82, 2.24) is 0 Å². The van der Waals surface area contributed by atoms with E-state index >= 15 is 0 Å². The Kier molecular flexibility index (Phi) is 4.27. The van der Waals surface area contributed by atoms with Gasteiger partial charge < -0.3 is 5.32 Å². The van der Waals surface area contributed by atoms with E-state index in [4.69, 9.17) is 11.6 Å². The van der Waals surface area contributed by atoms with Crippen LogP contribution in [0.1, 0.15) is 32.3 Å². The fourth-order valence-corrected chi connectivity index (χ4v) is 1.65. The molecule has 1 rings (SSSR count). The lowest BCUT2D eigenvalue weighted by atomic mass is 10.1. The first-order valence-electron chi connectivity index (χ1n) is 5.20. The summed E-state index contributed by atoms with van der Waals surface area (Å²) in [6, 6.07) is 6.54. The summed E-state index contributed by atoms with van der Waals surface area (Å²) >= 11 is 6.04. The lowest BCUT2D eigenvalue weighted by molar-refractivity contribution is 0.671. The van der Waals surface area contributed by atoms with Crippen LogP contribution in [0, 0.1) is 6.92 Å². The van der Waals surface area contributed by atoms with E-state index in [1.54, 1.807) is 0 Å². The zero-order chi connectivity index (χ0) is 10.6. The highest BCUT2D eigenvalue weighted by molar-refractivity contribution is 6.31. The molecule has 1 N–H and O–H groups in total. The van der Waals surface area contributed by atoms with Gasteiger partial charge in [-0.1, -0.05) is 31.5 Å². The van der Waals surface area contributed by atoms with E-state index in [1.807, 2.05) is 19.1 Å². The van der Waals surface area contributed by atoms with E-state index in [9.17, 15) is 0 Å². The molecule has 1 aromatic carbocycles. The van der Waals surface area contributed by atoms with Gasteiger partial charge in [0.1, 0.15) is 0 Å². The van der Waals surface area contributed by atoms with Crippen molar-refractivity contribution in [3.63, 3.8) is 0 Å². The first kappa shape index (κ1) is 11.4. The second-order valence-corrected chi connectivity index (χ2v) is 3.98. The Hall–Kier alpha value is -0.690. The summed E-state index contributed by atoms with van der Waals surface area (Å²) in [5.41, 5.74) is 2.30. The quantitative estimate of drug-likeness (QED) is 0.785. The Balaban J connectivity index is 2.80. The van der Waals surface area contributed by atoms with Gasteiger partial charge in [0, 0.05) is 16.8 Å². The Bertz CT molecular complexity index is 292. The average molecular weight is 212 g/mol. The third-order valence-corrected chi connectivity index (χ3v) is 3.02. The molecule has 0 amide bonds. The van der Waals surface area contributed by atoms with E-state index in [-0.39, 0.29) is 0 Å². The van der Waals surface area contributed by atoms with Crippen LogP contribution in [0.3, 0.4) is 0 Å². The van der Waals surface area contributed by atoms with Crippen LogP contribution in [0.4, 0.5) is 5.69 Å². The van der Waals surface area contributed by atoms with Crippen molar-refractivity contribution in [1.29, 1.82) is 0 Å². The van der Waals surface area contributed by atoms with Crippen LogP contribution in [-0.2, 0) is 0 Å². The number of benzene rings is 1.